The minimum Gasteiger partial charge on any atom is -0.456 e. The Bertz CT molecular complexity index is 439. The molecule has 2 rings (SSSR count). The highest BCUT2D eigenvalue weighted by molar-refractivity contribution is 5.92. The highest BCUT2D eigenvalue weighted by Gasteiger charge is 2.33. The Balaban J connectivity index is 2.16. The van der Waals surface area contributed by atoms with Crippen LogP contribution in [0.2, 0.25) is 0 Å². The molecule has 0 aliphatic carbocycles. The van der Waals surface area contributed by atoms with E-state index in [1.54, 1.807) is 0 Å². The maximum Gasteiger partial charge on any atom is 0.289 e. The number of nitrogens with two attached hydrogens (primary N) is 1. The van der Waals surface area contributed by atoms with Gasteiger partial charge in [-0.3, -0.25) is 4.79 Å². The summed E-state index contributed by atoms with van der Waals surface area (Å²) in [6.07, 6.45) is 1.81. The molecule has 2 unspecified atom stereocenters. The number of amides is 1. The molecule has 1 saturated heterocycles. The van der Waals surface area contributed by atoms with E-state index >= 15 is 0 Å². The van der Waals surface area contributed by atoms with Crippen molar-refractivity contribution in [3.8, 4) is 0 Å². The van der Waals surface area contributed by atoms with Crippen LogP contribution >= 0.6 is 0 Å². The molecule has 0 radical (unpaired) electrons. The van der Waals surface area contributed by atoms with Gasteiger partial charge in [0.1, 0.15) is 5.76 Å². The van der Waals surface area contributed by atoms with Gasteiger partial charge in [-0.2, -0.15) is 0 Å². The molecule has 2 atom stereocenters. The van der Waals surface area contributed by atoms with Gasteiger partial charge in [-0.05, 0) is 44.4 Å². The van der Waals surface area contributed by atoms with Crippen LogP contribution in [0.3, 0.4) is 0 Å². The molecule has 0 bridgehead atoms. The van der Waals surface area contributed by atoms with Crippen LogP contribution in [0.25, 0.3) is 0 Å². The third-order valence-electron chi connectivity index (χ3n) is 3.81. The van der Waals surface area contributed by atoms with E-state index < -0.39 is 0 Å². The number of nitrogens with zero attached hydrogens (tertiary/aromatic N) is 1. The highest BCUT2D eigenvalue weighted by Crippen LogP contribution is 2.25. The van der Waals surface area contributed by atoms with Crippen molar-refractivity contribution in [2.45, 2.75) is 39.7 Å². The van der Waals surface area contributed by atoms with Gasteiger partial charge in [-0.25, -0.2) is 0 Å². The van der Waals surface area contributed by atoms with Crippen LogP contribution in [0, 0.1) is 12.8 Å². The lowest BCUT2D eigenvalue weighted by Crippen LogP contribution is -2.34. The molecule has 2 N–H and O–H groups in total. The van der Waals surface area contributed by atoms with E-state index in [0.717, 1.165) is 30.7 Å². The minimum atomic E-state index is 0.00116. The first-order valence-corrected chi connectivity index (χ1v) is 6.67. The quantitative estimate of drug-likeness (QED) is 0.892. The molecule has 1 aromatic heterocycles. The fourth-order valence-corrected chi connectivity index (χ4v) is 2.71. The molecule has 18 heavy (non-hydrogen) atoms. The minimum absolute atomic E-state index is 0.00116. The Morgan fingerprint density at radius 2 is 2.33 bits per heavy atom. The molecule has 0 spiro atoms. The lowest BCUT2D eigenvalue weighted by atomic mass is 10.1. The first kappa shape index (κ1) is 13.1. The summed E-state index contributed by atoms with van der Waals surface area (Å²) in [7, 11) is 0. The van der Waals surface area contributed by atoms with Crippen LogP contribution in [0.4, 0.5) is 0 Å². The third-order valence-corrected chi connectivity index (χ3v) is 3.81. The highest BCUT2D eigenvalue weighted by atomic mass is 16.4. The molecule has 0 aromatic carbocycles. The smallest absolute Gasteiger partial charge is 0.289 e. The molecule has 2 heterocycles. The Hall–Kier alpha value is -1.29. The van der Waals surface area contributed by atoms with Crippen molar-refractivity contribution in [2.75, 3.05) is 13.1 Å². The van der Waals surface area contributed by atoms with Gasteiger partial charge < -0.3 is 15.1 Å². The van der Waals surface area contributed by atoms with Gasteiger partial charge >= 0.3 is 0 Å². The normalized spacial score (nSPS) is 23.7. The maximum atomic E-state index is 12.4. The number of carbonyl (C=O) groups is 1. The number of furan rings is 1. The topological polar surface area (TPSA) is 59.5 Å². The summed E-state index contributed by atoms with van der Waals surface area (Å²) in [4.78, 5) is 14.3. The number of aryl methyl sites for hydroxylation is 2. The number of hydrogen-bond acceptors (Lipinski definition) is 3. The average molecular weight is 250 g/mol. The molecule has 4 heteroatoms. The third kappa shape index (κ3) is 2.29. The largest absolute Gasteiger partial charge is 0.456 e. The zero-order valence-corrected chi connectivity index (χ0v) is 11.4. The van der Waals surface area contributed by atoms with E-state index in [1.807, 2.05) is 24.8 Å². The molecule has 1 amide bonds. The van der Waals surface area contributed by atoms with Gasteiger partial charge in [0.05, 0.1) is 0 Å². The van der Waals surface area contributed by atoms with E-state index in [-0.39, 0.29) is 11.9 Å². The number of carbonyl (C=O) groups excluding carboxylic acids is 1. The SMILES string of the molecule is CCc1oc(C(=O)N2CC(CN)CC2C)cc1C. The van der Waals surface area contributed by atoms with E-state index in [4.69, 9.17) is 10.2 Å². The second-order valence-electron chi connectivity index (χ2n) is 5.21. The summed E-state index contributed by atoms with van der Waals surface area (Å²) in [5.41, 5.74) is 6.74. The van der Waals surface area contributed by atoms with Gasteiger partial charge in [0.25, 0.3) is 5.91 Å². The predicted octanol–water partition coefficient (Wildman–Crippen LogP) is 1.96. The van der Waals surface area contributed by atoms with Crippen molar-refractivity contribution >= 4 is 5.91 Å². The van der Waals surface area contributed by atoms with E-state index in [2.05, 4.69) is 6.92 Å². The molecule has 4 nitrogen and oxygen atoms in total. The molecule has 100 valence electrons. The molecular weight excluding hydrogens is 228 g/mol. The first-order valence-electron chi connectivity index (χ1n) is 6.67. The Morgan fingerprint density at radius 1 is 1.61 bits per heavy atom. The summed E-state index contributed by atoms with van der Waals surface area (Å²) >= 11 is 0. The fourth-order valence-electron chi connectivity index (χ4n) is 2.71. The van der Waals surface area contributed by atoms with Crippen LogP contribution in [0.15, 0.2) is 10.5 Å². The van der Waals surface area contributed by atoms with Gasteiger partial charge in [0.2, 0.25) is 0 Å². The van der Waals surface area contributed by atoms with Gasteiger partial charge in [0.15, 0.2) is 5.76 Å². The molecule has 1 aromatic rings. The second kappa shape index (κ2) is 5.14. The van der Waals surface area contributed by atoms with E-state index in [1.165, 1.54) is 0 Å². The van der Waals surface area contributed by atoms with Crippen molar-refractivity contribution in [1.29, 1.82) is 0 Å². The van der Waals surface area contributed by atoms with E-state index in [0.29, 0.717) is 18.2 Å². The van der Waals surface area contributed by atoms with Crippen LogP contribution in [0.5, 0.6) is 0 Å². The Kier molecular flexibility index (Phi) is 3.76. The Labute approximate surface area is 108 Å². The summed E-state index contributed by atoms with van der Waals surface area (Å²) in [5, 5.41) is 0. The van der Waals surface area contributed by atoms with Gasteiger partial charge in [-0.1, -0.05) is 6.92 Å². The van der Waals surface area contributed by atoms with Crippen molar-refractivity contribution in [3.63, 3.8) is 0 Å². The second-order valence-corrected chi connectivity index (χ2v) is 5.21. The predicted molar refractivity (Wildman–Crippen MR) is 70.5 cm³/mol. The van der Waals surface area contributed by atoms with Crippen molar-refractivity contribution in [2.24, 2.45) is 11.7 Å². The standard InChI is InChI=1S/C14H22N2O2/c1-4-12-9(2)5-13(18-12)14(17)16-8-11(7-15)6-10(16)3/h5,10-11H,4,6-8,15H2,1-3H3. The lowest BCUT2D eigenvalue weighted by Gasteiger charge is -2.20. The van der Waals surface area contributed by atoms with Gasteiger partial charge in [0, 0.05) is 19.0 Å². The maximum absolute atomic E-state index is 12.4. The molecule has 0 saturated carbocycles. The fraction of sp³-hybridized carbons (Fsp3) is 0.643. The molecule has 1 aliphatic heterocycles. The number of hydrogen-bond donors (Lipinski definition) is 1. The summed E-state index contributed by atoms with van der Waals surface area (Å²) in [6, 6.07) is 2.10. The molecule has 1 fully saturated rings. The van der Waals surface area contributed by atoms with E-state index in [9.17, 15) is 4.79 Å². The van der Waals surface area contributed by atoms with Crippen LogP contribution < -0.4 is 5.73 Å². The van der Waals surface area contributed by atoms with Crippen molar-refractivity contribution < 1.29 is 9.21 Å². The van der Waals surface area contributed by atoms with Crippen LogP contribution in [0.1, 0.15) is 42.1 Å². The monoisotopic (exact) mass is 250 g/mol. The summed E-state index contributed by atoms with van der Waals surface area (Å²) in [6.45, 7) is 7.48. The molecule has 1 aliphatic rings. The van der Waals surface area contributed by atoms with Gasteiger partial charge in [-0.15, -0.1) is 0 Å². The summed E-state index contributed by atoms with van der Waals surface area (Å²) in [5.74, 6) is 1.79. The van der Waals surface area contributed by atoms with Crippen LogP contribution in [-0.4, -0.2) is 29.9 Å². The average Bonchev–Trinajstić information content (AvgIpc) is 2.91. The molecular formula is C14H22N2O2. The zero-order valence-electron chi connectivity index (χ0n) is 11.4. The first-order chi connectivity index (χ1) is 8.56. The Morgan fingerprint density at radius 3 is 2.83 bits per heavy atom. The lowest BCUT2D eigenvalue weighted by molar-refractivity contribution is 0.0709. The van der Waals surface area contributed by atoms with Crippen molar-refractivity contribution in [3.05, 3.63) is 23.2 Å². The number of likely N-dealkylation sites (tertiary alicyclic amines) is 1. The van der Waals surface area contributed by atoms with Crippen LogP contribution in [-0.2, 0) is 6.42 Å². The number of rotatable bonds is 3. The van der Waals surface area contributed by atoms with Crippen molar-refractivity contribution in [1.82, 2.24) is 4.90 Å². The zero-order chi connectivity index (χ0) is 13.3. The summed E-state index contributed by atoms with van der Waals surface area (Å²) < 4.78 is 5.63.